The van der Waals surface area contributed by atoms with Crippen LogP contribution in [0.25, 0.3) is 0 Å². The number of aliphatic carboxylic acids is 1. The van der Waals surface area contributed by atoms with E-state index < -0.39 is 47.8 Å². The van der Waals surface area contributed by atoms with Gasteiger partial charge < -0.3 is 15.6 Å². The third kappa shape index (κ3) is 4.82. The molecule has 3 N–H and O–H groups in total. The molecule has 138 valence electrons. The zero-order chi connectivity index (χ0) is 19.3. The Morgan fingerprint density at radius 1 is 1.04 bits per heavy atom. The summed E-state index contributed by atoms with van der Waals surface area (Å²) in [7, 11) is 0. The smallest absolute Gasteiger partial charge is 0.321 e. The average Bonchev–Trinajstić information content (AvgIpc) is 2.61. The summed E-state index contributed by atoms with van der Waals surface area (Å²) in [4.78, 5) is 23.4. The molecule has 2 aromatic rings. The van der Waals surface area contributed by atoms with Gasteiger partial charge >= 0.3 is 11.9 Å². The van der Waals surface area contributed by atoms with Crippen LogP contribution in [0.15, 0.2) is 42.5 Å². The molecule has 8 heteroatoms. The monoisotopic (exact) mass is 367 g/mol. The molecule has 0 aromatic heterocycles. The molecule has 0 bridgehead atoms. The van der Waals surface area contributed by atoms with Gasteiger partial charge in [-0.1, -0.05) is 30.3 Å². The van der Waals surface area contributed by atoms with Crippen LogP contribution in [0.3, 0.4) is 0 Å². The molecule has 0 spiro atoms. The Hall–Kier alpha value is -2.87. The lowest BCUT2D eigenvalue weighted by Crippen LogP contribution is -2.44. The normalized spacial score (nSPS) is 13.1. The Balaban J connectivity index is 2.19. The van der Waals surface area contributed by atoms with Crippen molar-refractivity contribution < 1.29 is 32.6 Å². The molecule has 0 radical (unpaired) electrons. The summed E-state index contributed by atoms with van der Waals surface area (Å²) in [6, 6.07) is 7.77. The molecule has 0 aliphatic carbocycles. The number of nitrogens with two attached hydrogens (primary N) is 1. The van der Waals surface area contributed by atoms with E-state index in [0.29, 0.717) is 17.7 Å². The van der Waals surface area contributed by atoms with Crippen molar-refractivity contribution in [2.45, 2.75) is 19.1 Å². The first-order valence-corrected chi connectivity index (χ1v) is 7.62. The van der Waals surface area contributed by atoms with Crippen LogP contribution in [0.4, 0.5) is 13.2 Å². The van der Waals surface area contributed by atoms with Gasteiger partial charge in [0, 0.05) is 6.07 Å². The standard InChI is InChI=1S/C18H16F3NO4/c19-13-8-15(21)14(20)7-11(13)6-12(16(22)17(23)24)18(25)26-9-10-4-2-1-3-5-10/h1-5,7-8,12,16H,6,9,22H2,(H,23,24)/t12?,16-/m1/s1. The molecule has 2 aromatic carbocycles. The van der Waals surface area contributed by atoms with Gasteiger partial charge in [-0.25, -0.2) is 13.2 Å². The largest absolute Gasteiger partial charge is 0.480 e. The minimum absolute atomic E-state index is 0.136. The van der Waals surface area contributed by atoms with Crippen molar-refractivity contribution in [3.05, 3.63) is 71.0 Å². The summed E-state index contributed by atoms with van der Waals surface area (Å²) in [5, 5.41) is 9.07. The van der Waals surface area contributed by atoms with Gasteiger partial charge in [0.05, 0.1) is 5.92 Å². The molecule has 26 heavy (non-hydrogen) atoms. The second kappa shape index (κ2) is 8.48. The van der Waals surface area contributed by atoms with E-state index in [2.05, 4.69) is 0 Å². The van der Waals surface area contributed by atoms with Gasteiger partial charge in [0.1, 0.15) is 18.5 Å². The predicted octanol–water partition coefficient (Wildman–Crippen LogP) is 2.42. The summed E-state index contributed by atoms with van der Waals surface area (Å²) < 4.78 is 45.2. The van der Waals surface area contributed by atoms with Crippen LogP contribution in [0, 0.1) is 23.4 Å². The van der Waals surface area contributed by atoms with Gasteiger partial charge in [-0.3, -0.25) is 9.59 Å². The minimum Gasteiger partial charge on any atom is -0.480 e. The molecule has 0 aliphatic rings. The molecule has 0 saturated heterocycles. The highest BCUT2D eigenvalue weighted by atomic mass is 19.2. The lowest BCUT2D eigenvalue weighted by molar-refractivity contribution is -0.155. The van der Waals surface area contributed by atoms with Gasteiger partial charge in [-0.2, -0.15) is 0 Å². The summed E-state index contributed by atoms with van der Waals surface area (Å²) >= 11 is 0. The maximum absolute atomic E-state index is 13.8. The number of hydrogen-bond donors (Lipinski definition) is 2. The van der Waals surface area contributed by atoms with E-state index in [1.54, 1.807) is 30.3 Å². The van der Waals surface area contributed by atoms with Gasteiger partial charge in [-0.05, 0) is 23.6 Å². The molecule has 0 amide bonds. The van der Waals surface area contributed by atoms with Crippen molar-refractivity contribution in [3.63, 3.8) is 0 Å². The Bertz CT molecular complexity index is 799. The first-order valence-electron chi connectivity index (χ1n) is 7.62. The zero-order valence-electron chi connectivity index (χ0n) is 13.5. The van der Waals surface area contributed by atoms with E-state index >= 15 is 0 Å². The summed E-state index contributed by atoms with van der Waals surface area (Å²) in [6.45, 7) is -0.136. The molecule has 2 rings (SSSR count). The first kappa shape index (κ1) is 19.5. The van der Waals surface area contributed by atoms with Crippen LogP contribution >= 0.6 is 0 Å². The third-order valence-corrected chi connectivity index (χ3v) is 3.77. The van der Waals surface area contributed by atoms with E-state index in [-0.39, 0.29) is 12.2 Å². The van der Waals surface area contributed by atoms with Crippen molar-refractivity contribution in [1.82, 2.24) is 0 Å². The van der Waals surface area contributed by atoms with Crippen molar-refractivity contribution >= 4 is 11.9 Å². The van der Waals surface area contributed by atoms with Gasteiger partial charge in [-0.15, -0.1) is 0 Å². The zero-order valence-corrected chi connectivity index (χ0v) is 13.5. The molecule has 5 nitrogen and oxygen atoms in total. The molecule has 0 aliphatic heterocycles. The molecule has 0 heterocycles. The Morgan fingerprint density at radius 3 is 2.27 bits per heavy atom. The van der Waals surface area contributed by atoms with Crippen molar-refractivity contribution in [2.75, 3.05) is 0 Å². The number of carboxylic acids is 1. The molecular weight excluding hydrogens is 351 g/mol. The average molecular weight is 367 g/mol. The third-order valence-electron chi connectivity index (χ3n) is 3.77. The van der Waals surface area contributed by atoms with Crippen molar-refractivity contribution in [1.29, 1.82) is 0 Å². The van der Waals surface area contributed by atoms with Crippen molar-refractivity contribution in [3.8, 4) is 0 Å². The second-order valence-electron chi connectivity index (χ2n) is 5.63. The molecule has 0 fully saturated rings. The Morgan fingerprint density at radius 2 is 1.65 bits per heavy atom. The second-order valence-corrected chi connectivity index (χ2v) is 5.63. The van der Waals surface area contributed by atoms with Gasteiger partial charge in [0.15, 0.2) is 11.6 Å². The first-order chi connectivity index (χ1) is 12.3. The Kier molecular flexibility index (Phi) is 6.35. The van der Waals surface area contributed by atoms with Crippen LogP contribution in [0.2, 0.25) is 0 Å². The predicted molar refractivity (Wildman–Crippen MR) is 85.4 cm³/mol. The van der Waals surface area contributed by atoms with Crippen molar-refractivity contribution in [2.24, 2.45) is 11.7 Å². The highest BCUT2D eigenvalue weighted by Crippen LogP contribution is 2.20. The Labute approximate surface area is 147 Å². The minimum atomic E-state index is -1.70. The number of carbonyl (C=O) groups excluding carboxylic acids is 1. The molecular formula is C18H16F3NO4. The number of halogens is 3. The number of carboxylic acid groups (broad SMARTS) is 1. The van der Waals surface area contributed by atoms with Crippen LogP contribution in [0.5, 0.6) is 0 Å². The van der Waals surface area contributed by atoms with Crippen LogP contribution in [-0.4, -0.2) is 23.1 Å². The van der Waals surface area contributed by atoms with Gasteiger partial charge in [0.25, 0.3) is 0 Å². The van der Waals surface area contributed by atoms with E-state index in [4.69, 9.17) is 15.6 Å². The number of ether oxygens (including phenoxy) is 1. The van der Waals surface area contributed by atoms with Gasteiger partial charge in [0.2, 0.25) is 0 Å². The number of benzene rings is 2. The molecule has 0 saturated carbocycles. The fourth-order valence-electron chi connectivity index (χ4n) is 2.32. The number of esters is 1. The van der Waals surface area contributed by atoms with Crippen LogP contribution in [-0.2, 0) is 27.4 Å². The molecule has 1 unspecified atom stereocenters. The quantitative estimate of drug-likeness (QED) is 0.579. The maximum atomic E-state index is 13.8. The lowest BCUT2D eigenvalue weighted by Gasteiger charge is -2.20. The SMILES string of the molecule is N[C@@H](C(=O)O)C(Cc1cc(F)c(F)cc1F)C(=O)OCc1ccccc1. The van der Waals surface area contributed by atoms with E-state index in [0.717, 1.165) is 0 Å². The van der Waals surface area contributed by atoms with E-state index in [9.17, 15) is 22.8 Å². The lowest BCUT2D eigenvalue weighted by atomic mass is 9.92. The number of carbonyl (C=O) groups is 2. The summed E-state index contributed by atoms with van der Waals surface area (Å²) in [5.74, 6) is -7.78. The maximum Gasteiger partial charge on any atom is 0.321 e. The summed E-state index contributed by atoms with van der Waals surface area (Å²) in [6.07, 6.45) is -0.551. The van der Waals surface area contributed by atoms with E-state index in [1.807, 2.05) is 0 Å². The fourth-order valence-corrected chi connectivity index (χ4v) is 2.32. The highest BCUT2D eigenvalue weighted by molar-refractivity contribution is 5.83. The summed E-state index contributed by atoms with van der Waals surface area (Å²) in [5.41, 5.74) is 5.79. The fraction of sp³-hybridized carbons (Fsp3) is 0.222. The number of hydrogen-bond acceptors (Lipinski definition) is 4. The van der Waals surface area contributed by atoms with E-state index in [1.165, 1.54) is 0 Å². The topological polar surface area (TPSA) is 89.6 Å². The molecule has 2 atom stereocenters. The van der Waals surface area contributed by atoms with Crippen LogP contribution in [0.1, 0.15) is 11.1 Å². The van der Waals surface area contributed by atoms with Crippen LogP contribution < -0.4 is 5.73 Å². The number of rotatable bonds is 7. The highest BCUT2D eigenvalue weighted by Gasteiger charge is 2.33.